The SMILES string of the molecule is COc1ccc(-c2cnc3c(N4CC(C)OC(C)C4)snc3c2)cc1OC. The van der Waals surface area contributed by atoms with Crippen LogP contribution >= 0.6 is 11.5 Å². The van der Waals surface area contributed by atoms with E-state index in [1.165, 1.54) is 11.5 Å². The molecule has 7 heteroatoms. The molecule has 0 spiro atoms. The number of anilines is 1. The van der Waals surface area contributed by atoms with E-state index >= 15 is 0 Å². The lowest BCUT2D eigenvalue weighted by molar-refractivity contribution is -0.00494. The number of benzene rings is 1. The molecule has 2 unspecified atom stereocenters. The maximum Gasteiger partial charge on any atom is 0.161 e. The quantitative estimate of drug-likeness (QED) is 0.677. The van der Waals surface area contributed by atoms with Crippen molar-refractivity contribution in [3.63, 3.8) is 0 Å². The van der Waals surface area contributed by atoms with Crippen molar-refractivity contribution in [1.29, 1.82) is 0 Å². The lowest BCUT2D eigenvalue weighted by Crippen LogP contribution is -2.45. The molecule has 2 atom stereocenters. The topological polar surface area (TPSA) is 56.7 Å². The van der Waals surface area contributed by atoms with Crippen LogP contribution in [0.2, 0.25) is 0 Å². The number of rotatable bonds is 4. The molecule has 0 aliphatic carbocycles. The summed E-state index contributed by atoms with van der Waals surface area (Å²) in [4.78, 5) is 7.07. The summed E-state index contributed by atoms with van der Waals surface area (Å²) in [5, 5.41) is 1.12. The summed E-state index contributed by atoms with van der Waals surface area (Å²) in [5.74, 6) is 1.41. The predicted molar refractivity (Wildman–Crippen MR) is 108 cm³/mol. The molecule has 0 radical (unpaired) electrons. The molecule has 1 aliphatic rings. The Bertz CT molecular complexity index is 949. The highest BCUT2D eigenvalue weighted by Crippen LogP contribution is 2.36. The minimum absolute atomic E-state index is 0.205. The fourth-order valence-electron chi connectivity index (χ4n) is 3.55. The van der Waals surface area contributed by atoms with E-state index < -0.39 is 0 Å². The first-order valence-corrected chi connectivity index (χ1v) is 9.74. The van der Waals surface area contributed by atoms with Gasteiger partial charge >= 0.3 is 0 Å². The zero-order valence-electron chi connectivity index (χ0n) is 15.9. The molecule has 1 fully saturated rings. The van der Waals surface area contributed by atoms with Crippen LogP contribution in [0.5, 0.6) is 11.5 Å². The molecular formula is C20H23N3O3S. The van der Waals surface area contributed by atoms with Gasteiger partial charge in [-0.05, 0) is 49.1 Å². The summed E-state index contributed by atoms with van der Waals surface area (Å²) in [5.41, 5.74) is 3.88. The first-order valence-electron chi connectivity index (χ1n) is 8.97. The Kier molecular flexibility index (Phi) is 4.88. The average Bonchev–Trinajstić information content (AvgIpc) is 3.10. The van der Waals surface area contributed by atoms with Crippen molar-refractivity contribution in [2.45, 2.75) is 26.1 Å². The highest BCUT2D eigenvalue weighted by atomic mass is 32.1. The zero-order chi connectivity index (χ0) is 19.0. The molecule has 0 N–H and O–H groups in total. The second kappa shape index (κ2) is 7.32. The Balaban J connectivity index is 1.68. The third kappa shape index (κ3) is 3.44. The van der Waals surface area contributed by atoms with Crippen LogP contribution in [0.4, 0.5) is 5.00 Å². The maximum atomic E-state index is 5.84. The Labute approximate surface area is 162 Å². The fourth-order valence-corrected chi connectivity index (χ4v) is 4.38. The van der Waals surface area contributed by atoms with Crippen molar-refractivity contribution in [2.75, 3.05) is 32.2 Å². The largest absolute Gasteiger partial charge is 0.493 e. The molecule has 1 aromatic carbocycles. The Morgan fingerprint density at radius 1 is 1.04 bits per heavy atom. The van der Waals surface area contributed by atoms with Gasteiger partial charge in [-0.25, -0.2) is 0 Å². The lowest BCUT2D eigenvalue weighted by Gasteiger charge is -2.35. The minimum atomic E-state index is 0.205. The van der Waals surface area contributed by atoms with Gasteiger partial charge in [0.05, 0.1) is 26.4 Å². The molecule has 2 aromatic heterocycles. The van der Waals surface area contributed by atoms with Gasteiger partial charge in [-0.3, -0.25) is 4.98 Å². The van der Waals surface area contributed by atoms with Crippen LogP contribution in [0, 0.1) is 0 Å². The molecule has 27 heavy (non-hydrogen) atoms. The number of aromatic nitrogens is 2. The Morgan fingerprint density at radius 2 is 1.78 bits per heavy atom. The molecule has 4 rings (SSSR count). The van der Waals surface area contributed by atoms with Crippen molar-refractivity contribution in [3.8, 4) is 22.6 Å². The van der Waals surface area contributed by atoms with E-state index in [9.17, 15) is 0 Å². The van der Waals surface area contributed by atoms with Gasteiger partial charge in [-0.1, -0.05) is 6.07 Å². The molecule has 1 aliphatic heterocycles. The van der Waals surface area contributed by atoms with Gasteiger partial charge in [0, 0.05) is 24.8 Å². The number of methoxy groups -OCH3 is 2. The minimum Gasteiger partial charge on any atom is -0.493 e. The zero-order valence-corrected chi connectivity index (χ0v) is 16.7. The monoisotopic (exact) mass is 385 g/mol. The summed E-state index contributed by atoms with van der Waals surface area (Å²) in [7, 11) is 3.27. The molecule has 0 amide bonds. The predicted octanol–water partition coefficient (Wildman–Crippen LogP) is 3.99. The van der Waals surface area contributed by atoms with Crippen molar-refractivity contribution in [2.24, 2.45) is 0 Å². The summed E-state index contributed by atoms with van der Waals surface area (Å²) in [6.45, 7) is 5.93. The second-order valence-electron chi connectivity index (χ2n) is 6.81. The molecule has 0 bridgehead atoms. The molecule has 3 heterocycles. The third-order valence-electron chi connectivity index (χ3n) is 4.72. The highest BCUT2D eigenvalue weighted by Gasteiger charge is 2.25. The smallest absolute Gasteiger partial charge is 0.161 e. The van der Waals surface area contributed by atoms with Gasteiger partial charge in [0.15, 0.2) is 11.5 Å². The molecule has 0 saturated carbocycles. The van der Waals surface area contributed by atoms with Gasteiger partial charge in [0.1, 0.15) is 16.0 Å². The average molecular weight is 385 g/mol. The van der Waals surface area contributed by atoms with Gasteiger partial charge in [-0.2, -0.15) is 4.37 Å². The number of nitrogens with zero attached hydrogens (tertiary/aromatic N) is 3. The lowest BCUT2D eigenvalue weighted by atomic mass is 10.1. The number of fused-ring (bicyclic) bond motifs is 1. The van der Waals surface area contributed by atoms with E-state index in [0.29, 0.717) is 11.5 Å². The van der Waals surface area contributed by atoms with Crippen LogP contribution in [0.15, 0.2) is 30.5 Å². The summed E-state index contributed by atoms with van der Waals surface area (Å²) < 4.78 is 21.2. The van der Waals surface area contributed by atoms with Crippen LogP contribution in [-0.4, -0.2) is 48.9 Å². The Hall–Kier alpha value is -2.38. The van der Waals surface area contributed by atoms with Crippen molar-refractivity contribution >= 4 is 27.6 Å². The van der Waals surface area contributed by atoms with E-state index in [1.54, 1.807) is 14.2 Å². The van der Waals surface area contributed by atoms with Crippen LogP contribution in [0.25, 0.3) is 22.2 Å². The number of hydrogen-bond acceptors (Lipinski definition) is 7. The molecular weight excluding hydrogens is 362 g/mol. The number of morpholine rings is 1. The van der Waals surface area contributed by atoms with Gasteiger partial charge in [0.25, 0.3) is 0 Å². The van der Waals surface area contributed by atoms with Crippen molar-refractivity contribution in [1.82, 2.24) is 9.36 Å². The molecule has 3 aromatic rings. The molecule has 142 valence electrons. The number of hydrogen-bond donors (Lipinski definition) is 0. The van der Waals surface area contributed by atoms with E-state index in [4.69, 9.17) is 19.2 Å². The fraction of sp³-hybridized carbons (Fsp3) is 0.400. The maximum absolute atomic E-state index is 5.84. The normalized spacial score (nSPS) is 20.1. The van der Waals surface area contributed by atoms with Crippen molar-refractivity contribution < 1.29 is 14.2 Å². The van der Waals surface area contributed by atoms with Gasteiger partial charge < -0.3 is 19.1 Å². The van der Waals surface area contributed by atoms with Crippen LogP contribution in [-0.2, 0) is 4.74 Å². The van der Waals surface area contributed by atoms with E-state index in [0.717, 1.165) is 40.3 Å². The molecule has 1 saturated heterocycles. The third-order valence-corrected chi connectivity index (χ3v) is 5.64. The van der Waals surface area contributed by atoms with E-state index in [1.807, 2.05) is 24.4 Å². The van der Waals surface area contributed by atoms with Gasteiger partial charge in [0.2, 0.25) is 0 Å². The standard InChI is InChI=1S/C20H23N3O3S/c1-12-10-23(11-13(2)26-12)20-19-16(22-27-20)7-15(9-21-19)14-5-6-17(24-3)18(8-14)25-4/h5-9,12-13H,10-11H2,1-4H3. The van der Waals surface area contributed by atoms with E-state index in [2.05, 4.69) is 29.2 Å². The second-order valence-corrected chi connectivity index (χ2v) is 7.56. The number of ether oxygens (including phenoxy) is 3. The highest BCUT2D eigenvalue weighted by molar-refractivity contribution is 7.11. The first-order chi connectivity index (χ1) is 13.1. The molecule has 6 nitrogen and oxygen atoms in total. The van der Waals surface area contributed by atoms with Crippen LogP contribution in [0.1, 0.15) is 13.8 Å². The summed E-state index contributed by atoms with van der Waals surface area (Å²) in [6.07, 6.45) is 2.31. The van der Waals surface area contributed by atoms with Crippen LogP contribution in [0.3, 0.4) is 0 Å². The summed E-state index contributed by atoms with van der Waals surface area (Å²) in [6, 6.07) is 7.95. The van der Waals surface area contributed by atoms with E-state index in [-0.39, 0.29) is 12.2 Å². The van der Waals surface area contributed by atoms with Crippen LogP contribution < -0.4 is 14.4 Å². The first kappa shape index (κ1) is 18.0. The van der Waals surface area contributed by atoms with Gasteiger partial charge in [-0.15, -0.1) is 0 Å². The van der Waals surface area contributed by atoms with Crippen molar-refractivity contribution in [3.05, 3.63) is 30.5 Å². The Morgan fingerprint density at radius 3 is 2.48 bits per heavy atom. The number of pyridine rings is 1. The summed E-state index contributed by atoms with van der Waals surface area (Å²) >= 11 is 1.50.